The summed E-state index contributed by atoms with van der Waals surface area (Å²) in [4.78, 5) is 7.00. The molecule has 0 amide bonds. The van der Waals surface area contributed by atoms with Crippen LogP contribution in [0.2, 0.25) is 0 Å². The van der Waals surface area contributed by atoms with E-state index in [1.54, 1.807) is 6.20 Å². The van der Waals surface area contributed by atoms with Gasteiger partial charge in [0.15, 0.2) is 0 Å². The summed E-state index contributed by atoms with van der Waals surface area (Å²) in [7, 11) is 0. The molecule has 1 aromatic rings. The third kappa shape index (κ3) is 1.98. The monoisotopic (exact) mass is 146 g/mol. The number of aromatic nitrogens is 2. The van der Waals surface area contributed by atoms with E-state index in [4.69, 9.17) is 6.42 Å². The first-order valence-corrected chi connectivity index (χ1v) is 3.55. The van der Waals surface area contributed by atoms with E-state index in [-0.39, 0.29) is 0 Å². The maximum absolute atomic E-state index is 5.15. The molecule has 0 aromatic carbocycles. The molecule has 0 aliphatic heterocycles. The number of nitrogens with one attached hydrogen (secondary N) is 1. The van der Waals surface area contributed by atoms with Crippen molar-refractivity contribution in [3.05, 3.63) is 23.8 Å². The van der Waals surface area contributed by atoms with E-state index in [0.29, 0.717) is 0 Å². The van der Waals surface area contributed by atoms with Crippen molar-refractivity contribution in [2.75, 3.05) is 0 Å². The second kappa shape index (κ2) is 3.62. The molecule has 11 heavy (non-hydrogen) atoms. The predicted octanol–water partition coefficient (Wildman–Crippen LogP) is 1.81. The first kappa shape index (κ1) is 7.62. The fourth-order valence-electron chi connectivity index (χ4n) is 0.724. The second-order valence-corrected chi connectivity index (χ2v) is 2.14. The number of imidazole rings is 1. The molecule has 2 heteroatoms. The molecule has 1 rings (SSSR count). The largest absolute Gasteiger partial charge is 0.332 e. The molecule has 56 valence electrons. The number of rotatable bonds is 2. The van der Waals surface area contributed by atoms with Gasteiger partial charge in [-0.25, -0.2) is 4.98 Å². The maximum atomic E-state index is 5.15. The van der Waals surface area contributed by atoms with Gasteiger partial charge >= 0.3 is 0 Å². The molecule has 1 aromatic heterocycles. The Labute approximate surface area is 66.4 Å². The minimum Gasteiger partial charge on any atom is -0.332 e. The average molecular weight is 146 g/mol. The van der Waals surface area contributed by atoms with Gasteiger partial charge in [-0.15, -0.1) is 6.42 Å². The quantitative estimate of drug-likeness (QED) is 0.633. The van der Waals surface area contributed by atoms with Crippen LogP contribution in [0.5, 0.6) is 0 Å². The molecule has 0 bridgehead atoms. The lowest BCUT2D eigenvalue weighted by atomic mass is 10.4. The fourth-order valence-corrected chi connectivity index (χ4v) is 0.724. The van der Waals surface area contributed by atoms with E-state index in [0.717, 1.165) is 17.9 Å². The Morgan fingerprint density at radius 2 is 2.64 bits per heavy atom. The highest BCUT2D eigenvalue weighted by Crippen LogP contribution is 1.97. The average Bonchev–Trinajstić information content (AvgIpc) is 2.48. The highest BCUT2D eigenvalue weighted by atomic mass is 14.9. The van der Waals surface area contributed by atoms with Gasteiger partial charge in [0.1, 0.15) is 11.5 Å². The molecule has 0 fully saturated rings. The Balaban J connectivity index is 2.75. The first-order chi connectivity index (χ1) is 5.36. The van der Waals surface area contributed by atoms with Gasteiger partial charge in [-0.3, -0.25) is 0 Å². The smallest absolute Gasteiger partial charge is 0.130 e. The van der Waals surface area contributed by atoms with E-state index < -0.39 is 0 Å². The lowest BCUT2D eigenvalue weighted by Crippen LogP contribution is -1.74. The molecular formula is C9H10N2. The number of terminal acetylenes is 1. The summed E-state index contributed by atoms with van der Waals surface area (Å²) < 4.78 is 0. The van der Waals surface area contributed by atoms with Crippen molar-refractivity contribution in [2.24, 2.45) is 0 Å². The lowest BCUT2D eigenvalue weighted by molar-refractivity contribution is 1.21. The Hall–Kier alpha value is -1.49. The minimum atomic E-state index is 0.723. The van der Waals surface area contributed by atoms with Crippen LogP contribution in [-0.2, 0) is 0 Å². The molecule has 0 atom stereocenters. The standard InChI is InChI=1S/C9H10N2/c1-3-5-6-9-10-7-8(4-2)11-9/h2,5-7H,3H2,1H3,(H,10,11). The lowest BCUT2D eigenvalue weighted by Gasteiger charge is -1.81. The van der Waals surface area contributed by atoms with Crippen LogP contribution in [0.1, 0.15) is 24.9 Å². The molecule has 2 nitrogen and oxygen atoms in total. The highest BCUT2D eigenvalue weighted by molar-refractivity contribution is 5.41. The zero-order valence-electron chi connectivity index (χ0n) is 6.46. The molecule has 1 N–H and O–H groups in total. The molecule has 0 saturated heterocycles. The zero-order chi connectivity index (χ0) is 8.10. The number of allylic oxidation sites excluding steroid dienone is 1. The SMILES string of the molecule is C#Cc1cnc(C=CCC)[nH]1. The van der Waals surface area contributed by atoms with Gasteiger partial charge in [-0.2, -0.15) is 0 Å². The normalized spacial score (nSPS) is 10.2. The van der Waals surface area contributed by atoms with Crippen LogP contribution in [0.4, 0.5) is 0 Å². The second-order valence-electron chi connectivity index (χ2n) is 2.14. The summed E-state index contributed by atoms with van der Waals surface area (Å²) in [5, 5.41) is 0. The van der Waals surface area contributed by atoms with Gasteiger partial charge in [0.25, 0.3) is 0 Å². The van der Waals surface area contributed by atoms with Crippen LogP contribution < -0.4 is 0 Å². The highest BCUT2D eigenvalue weighted by Gasteiger charge is 1.90. The van der Waals surface area contributed by atoms with Gasteiger partial charge in [-0.05, 0) is 12.5 Å². The van der Waals surface area contributed by atoms with Crippen LogP contribution in [0, 0.1) is 12.3 Å². The molecule has 0 aliphatic rings. The topological polar surface area (TPSA) is 28.7 Å². The summed E-state index contributed by atoms with van der Waals surface area (Å²) in [6, 6.07) is 0. The van der Waals surface area contributed by atoms with Crippen molar-refractivity contribution in [1.82, 2.24) is 9.97 Å². The number of aromatic amines is 1. The predicted molar refractivity (Wildman–Crippen MR) is 45.8 cm³/mol. The van der Waals surface area contributed by atoms with Crippen molar-refractivity contribution >= 4 is 6.08 Å². The summed E-state index contributed by atoms with van der Waals surface area (Å²) in [6.07, 6.45) is 11.7. The van der Waals surface area contributed by atoms with Gasteiger partial charge in [0.05, 0.1) is 6.20 Å². The minimum absolute atomic E-state index is 0.723. The number of hydrogen-bond donors (Lipinski definition) is 1. The Bertz CT molecular complexity index is 289. The Morgan fingerprint density at radius 1 is 1.82 bits per heavy atom. The molecule has 0 radical (unpaired) electrons. The summed E-state index contributed by atoms with van der Waals surface area (Å²) in [6.45, 7) is 2.07. The molecule has 0 unspecified atom stereocenters. The summed E-state index contributed by atoms with van der Waals surface area (Å²) in [5.41, 5.74) is 0.723. The van der Waals surface area contributed by atoms with Crippen LogP contribution in [0.15, 0.2) is 12.3 Å². The van der Waals surface area contributed by atoms with Crippen molar-refractivity contribution in [2.45, 2.75) is 13.3 Å². The van der Waals surface area contributed by atoms with Crippen molar-refractivity contribution in [3.63, 3.8) is 0 Å². The number of hydrogen-bond acceptors (Lipinski definition) is 1. The van der Waals surface area contributed by atoms with Crippen LogP contribution in [-0.4, -0.2) is 9.97 Å². The molecule has 0 aliphatic carbocycles. The van der Waals surface area contributed by atoms with Crippen molar-refractivity contribution in [1.29, 1.82) is 0 Å². The first-order valence-electron chi connectivity index (χ1n) is 3.55. The van der Waals surface area contributed by atoms with Crippen LogP contribution >= 0.6 is 0 Å². The van der Waals surface area contributed by atoms with Crippen LogP contribution in [0.25, 0.3) is 6.08 Å². The van der Waals surface area contributed by atoms with E-state index in [2.05, 4.69) is 22.8 Å². The third-order valence-corrected chi connectivity index (χ3v) is 1.26. The van der Waals surface area contributed by atoms with Gasteiger partial charge in [-0.1, -0.05) is 18.9 Å². The van der Waals surface area contributed by atoms with Crippen LogP contribution in [0.3, 0.4) is 0 Å². The molecule has 1 heterocycles. The molecule has 0 spiro atoms. The Morgan fingerprint density at radius 3 is 3.18 bits per heavy atom. The van der Waals surface area contributed by atoms with Crippen molar-refractivity contribution in [3.8, 4) is 12.3 Å². The zero-order valence-corrected chi connectivity index (χ0v) is 6.46. The molecule has 0 saturated carbocycles. The van der Waals surface area contributed by atoms with E-state index in [1.807, 2.05) is 12.2 Å². The van der Waals surface area contributed by atoms with Crippen molar-refractivity contribution < 1.29 is 0 Å². The molecular weight excluding hydrogens is 136 g/mol. The number of H-pyrrole nitrogens is 1. The summed E-state index contributed by atoms with van der Waals surface area (Å²) >= 11 is 0. The van der Waals surface area contributed by atoms with E-state index >= 15 is 0 Å². The Kier molecular flexibility index (Phi) is 2.51. The number of nitrogens with zero attached hydrogens (tertiary/aromatic N) is 1. The summed E-state index contributed by atoms with van der Waals surface area (Å²) in [5.74, 6) is 3.29. The van der Waals surface area contributed by atoms with Gasteiger partial charge in [0, 0.05) is 0 Å². The van der Waals surface area contributed by atoms with E-state index in [9.17, 15) is 0 Å². The van der Waals surface area contributed by atoms with E-state index in [1.165, 1.54) is 0 Å². The fraction of sp³-hybridized carbons (Fsp3) is 0.222. The van der Waals surface area contributed by atoms with Gasteiger partial charge < -0.3 is 4.98 Å². The third-order valence-electron chi connectivity index (χ3n) is 1.26. The maximum Gasteiger partial charge on any atom is 0.130 e. The van der Waals surface area contributed by atoms with Gasteiger partial charge in [0.2, 0.25) is 0 Å².